The van der Waals surface area contributed by atoms with Crippen molar-refractivity contribution in [2.24, 2.45) is 0 Å². The number of aliphatic hydroxyl groups excluding tert-OH is 2. The van der Waals surface area contributed by atoms with Gasteiger partial charge in [-0.15, -0.1) is 0 Å². The second kappa shape index (κ2) is 24.7. The summed E-state index contributed by atoms with van der Waals surface area (Å²) in [4.78, 5) is 0. The predicted molar refractivity (Wildman–Crippen MR) is 174 cm³/mol. The minimum Gasteiger partial charge on any atom is -0.355 e. The van der Waals surface area contributed by atoms with Crippen molar-refractivity contribution < 1.29 is 19.3 Å². The molecule has 2 rings (SSSR count). The summed E-state index contributed by atoms with van der Waals surface area (Å²) in [5, 5.41) is 21.0. The van der Waals surface area contributed by atoms with E-state index in [0.29, 0.717) is 0 Å². The van der Waals surface area contributed by atoms with Crippen LogP contribution in [0.2, 0.25) is 0 Å². The number of aromatic nitrogens is 4. The van der Waals surface area contributed by atoms with Crippen molar-refractivity contribution in [1.29, 1.82) is 0 Å². The Hall–Kier alpha value is -1.66. The lowest BCUT2D eigenvalue weighted by molar-refractivity contribution is -0.697. The van der Waals surface area contributed by atoms with E-state index in [-0.39, 0.29) is 12.5 Å². The van der Waals surface area contributed by atoms with E-state index in [2.05, 4.69) is 48.0 Å². The first-order chi connectivity index (χ1) is 20.6. The predicted octanol–water partition coefficient (Wildman–Crippen LogP) is 8.95. The van der Waals surface area contributed by atoms with Gasteiger partial charge in [0, 0.05) is 12.8 Å². The third-order valence-corrected chi connectivity index (χ3v) is 8.83. The summed E-state index contributed by atoms with van der Waals surface area (Å²) in [5.41, 5.74) is 0. The molecule has 42 heavy (non-hydrogen) atoms. The van der Waals surface area contributed by atoms with E-state index in [1.807, 2.05) is 21.5 Å². The highest BCUT2D eigenvalue weighted by atomic mass is 16.3. The molecule has 0 aliphatic rings. The lowest BCUT2D eigenvalue weighted by Crippen LogP contribution is -2.31. The molecule has 0 saturated heterocycles. The maximum atomic E-state index is 10.5. The second-order valence-electron chi connectivity index (χ2n) is 12.8. The van der Waals surface area contributed by atoms with Gasteiger partial charge in [-0.25, -0.2) is 18.3 Å². The average molecular weight is 589 g/mol. The second-order valence-corrected chi connectivity index (χ2v) is 12.8. The highest BCUT2D eigenvalue weighted by molar-refractivity contribution is 4.71. The normalized spacial score (nSPS) is 13.1. The summed E-state index contributed by atoms with van der Waals surface area (Å²) in [6.07, 6.45) is 41.6. The Labute approximate surface area is 259 Å². The standard InChI is InChI=1S/C36H68N4O2/c1-3-5-7-9-11-13-17-21-25-35(41)39-31-29-37(33-39)27-23-19-15-16-20-24-28-38-30-32-40(34-38)36(42)26-22-18-14-12-10-8-6-4-2/h29-36,41-42H,3-28H2,1-2H3/q+2. The largest absolute Gasteiger partial charge is 0.355 e. The topological polar surface area (TPSA) is 58.1 Å². The molecule has 0 radical (unpaired) electrons. The van der Waals surface area contributed by atoms with Gasteiger partial charge < -0.3 is 10.2 Å². The van der Waals surface area contributed by atoms with E-state index in [1.165, 1.54) is 128 Å². The Morgan fingerprint density at radius 1 is 0.452 bits per heavy atom. The fourth-order valence-corrected chi connectivity index (χ4v) is 5.95. The summed E-state index contributed by atoms with van der Waals surface area (Å²) in [7, 11) is 0. The molecule has 0 fully saturated rings. The molecular weight excluding hydrogens is 520 g/mol. The summed E-state index contributed by atoms with van der Waals surface area (Å²) in [5.74, 6) is 0. The number of rotatable bonds is 29. The van der Waals surface area contributed by atoms with Crippen molar-refractivity contribution in [2.75, 3.05) is 0 Å². The van der Waals surface area contributed by atoms with Crippen molar-refractivity contribution in [1.82, 2.24) is 9.13 Å². The Kier molecular flexibility index (Phi) is 21.5. The van der Waals surface area contributed by atoms with Crippen molar-refractivity contribution in [2.45, 2.75) is 193 Å². The van der Waals surface area contributed by atoms with Gasteiger partial charge in [-0.1, -0.05) is 117 Å². The molecule has 0 aromatic carbocycles. The van der Waals surface area contributed by atoms with Crippen LogP contribution in [0.15, 0.2) is 37.4 Å². The molecule has 0 amide bonds. The minimum absolute atomic E-state index is 0.390. The number of imidazole rings is 2. The zero-order valence-electron chi connectivity index (χ0n) is 27.7. The Bertz CT molecular complexity index is 794. The molecule has 2 aromatic rings. The molecule has 6 heteroatoms. The fraction of sp³-hybridized carbons (Fsp3) is 0.833. The maximum Gasteiger partial charge on any atom is 0.245 e. The van der Waals surface area contributed by atoms with Gasteiger partial charge in [-0.2, -0.15) is 0 Å². The smallest absolute Gasteiger partial charge is 0.245 e. The Balaban J connectivity index is 1.43. The SMILES string of the molecule is CCCCCCCCCCC(O)n1cc[n+](CCCCCCCC[n+]2ccn(C(O)CCCCCCCCCC)c2)c1. The third kappa shape index (κ3) is 17.5. The monoisotopic (exact) mass is 589 g/mol. The van der Waals surface area contributed by atoms with Gasteiger partial charge in [0.2, 0.25) is 12.7 Å². The van der Waals surface area contributed by atoms with Crippen LogP contribution in [0.4, 0.5) is 0 Å². The quantitative estimate of drug-likeness (QED) is 0.0736. The van der Waals surface area contributed by atoms with Gasteiger partial charge in [-0.3, -0.25) is 0 Å². The molecular formula is C36H68N4O2+2. The molecule has 0 spiro atoms. The summed E-state index contributed by atoms with van der Waals surface area (Å²) in [6.45, 7) is 6.59. The Morgan fingerprint density at radius 3 is 1.12 bits per heavy atom. The van der Waals surface area contributed by atoms with E-state index < -0.39 is 0 Å². The zero-order chi connectivity index (χ0) is 30.1. The fourth-order valence-electron chi connectivity index (χ4n) is 5.95. The van der Waals surface area contributed by atoms with Crippen LogP contribution < -0.4 is 9.13 Å². The van der Waals surface area contributed by atoms with E-state index in [9.17, 15) is 10.2 Å². The number of aliphatic hydroxyl groups is 2. The molecule has 242 valence electrons. The third-order valence-electron chi connectivity index (χ3n) is 8.83. The van der Waals surface area contributed by atoms with Crippen molar-refractivity contribution in [3.8, 4) is 0 Å². The summed E-state index contributed by atoms with van der Waals surface area (Å²) >= 11 is 0. The molecule has 0 bridgehead atoms. The van der Waals surface area contributed by atoms with Crippen LogP contribution >= 0.6 is 0 Å². The van der Waals surface area contributed by atoms with E-state index in [4.69, 9.17) is 0 Å². The molecule has 6 nitrogen and oxygen atoms in total. The number of unbranched alkanes of at least 4 members (excludes halogenated alkanes) is 19. The summed E-state index contributed by atoms with van der Waals surface area (Å²) < 4.78 is 8.39. The lowest BCUT2D eigenvalue weighted by Gasteiger charge is -2.07. The molecule has 0 saturated carbocycles. The molecule has 0 aliphatic heterocycles. The van der Waals surface area contributed by atoms with Gasteiger partial charge in [0.05, 0.1) is 13.1 Å². The molecule has 2 heterocycles. The molecule has 0 aliphatic carbocycles. The van der Waals surface area contributed by atoms with E-state index in [1.54, 1.807) is 0 Å². The molecule has 2 aromatic heterocycles. The Morgan fingerprint density at radius 2 is 0.762 bits per heavy atom. The van der Waals surface area contributed by atoms with Crippen LogP contribution in [-0.2, 0) is 13.1 Å². The highest BCUT2D eigenvalue weighted by Gasteiger charge is 2.14. The molecule has 2 N–H and O–H groups in total. The first-order valence-corrected chi connectivity index (χ1v) is 18.1. The van der Waals surface area contributed by atoms with Crippen LogP contribution in [0.25, 0.3) is 0 Å². The number of hydrogen-bond donors (Lipinski definition) is 2. The average Bonchev–Trinajstić information content (AvgIpc) is 3.67. The number of nitrogens with zero attached hydrogens (tertiary/aromatic N) is 4. The van der Waals surface area contributed by atoms with Crippen LogP contribution in [0.1, 0.15) is 180 Å². The van der Waals surface area contributed by atoms with Crippen LogP contribution in [0.3, 0.4) is 0 Å². The van der Waals surface area contributed by atoms with Crippen molar-refractivity contribution in [3.05, 3.63) is 37.4 Å². The molecule has 2 atom stereocenters. The minimum atomic E-state index is -0.390. The van der Waals surface area contributed by atoms with Gasteiger partial charge in [0.15, 0.2) is 12.5 Å². The lowest BCUT2D eigenvalue weighted by atomic mass is 10.1. The van der Waals surface area contributed by atoms with E-state index >= 15 is 0 Å². The van der Waals surface area contributed by atoms with E-state index in [0.717, 1.165) is 38.8 Å². The zero-order valence-corrected chi connectivity index (χ0v) is 27.7. The number of hydrogen-bond acceptors (Lipinski definition) is 2. The van der Waals surface area contributed by atoms with Crippen molar-refractivity contribution in [3.63, 3.8) is 0 Å². The highest BCUT2D eigenvalue weighted by Crippen LogP contribution is 2.16. The first kappa shape index (κ1) is 36.5. The van der Waals surface area contributed by atoms with Gasteiger partial charge in [0.25, 0.3) is 0 Å². The first-order valence-electron chi connectivity index (χ1n) is 18.1. The van der Waals surface area contributed by atoms with Crippen LogP contribution in [0, 0.1) is 0 Å². The maximum absolute atomic E-state index is 10.5. The van der Waals surface area contributed by atoms with Gasteiger partial charge >= 0.3 is 0 Å². The van der Waals surface area contributed by atoms with Gasteiger partial charge in [0.1, 0.15) is 24.8 Å². The van der Waals surface area contributed by atoms with Crippen LogP contribution in [-0.4, -0.2) is 19.3 Å². The van der Waals surface area contributed by atoms with Gasteiger partial charge in [-0.05, 0) is 38.5 Å². The molecule has 2 unspecified atom stereocenters. The summed E-state index contributed by atoms with van der Waals surface area (Å²) in [6, 6.07) is 0. The van der Waals surface area contributed by atoms with Crippen molar-refractivity contribution >= 4 is 0 Å². The van der Waals surface area contributed by atoms with Crippen LogP contribution in [0.5, 0.6) is 0 Å². The number of aryl methyl sites for hydroxylation is 2.